The number of halogens is 5. The van der Waals surface area contributed by atoms with Crippen molar-refractivity contribution in [2.24, 2.45) is 0 Å². The Bertz CT molecular complexity index is 925. The van der Waals surface area contributed by atoms with Crippen LogP contribution in [-0.4, -0.2) is 10.9 Å². The van der Waals surface area contributed by atoms with Crippen molar-refractivity contribution in [1.82, 2.24) is 4.98 Å². The van der Waals surface area contributed by atoms with Gasteiger partial charge in [0.2, 0.25) is 0 Å². The predicted molar refractivity (Wildman–Crippen MR) is 83.9 cm³/mol. The van der Waals surface area contributed by atoms with Crippen LogP contribution in [0.2, 0.25) is 10.0 Å². The van der Waals surface area contributed by atoms with Crippen LogP contribution in [0, 0.1) is 17.5 Å². The van der Waals surface area contributed by atoms with Crippen molar-refractivity contribution in [3.05, 3.63) is 57.3 Å². The lowest BCUT2D eigenvalue weighted by atomic mass is 10.2. The van der Waals surface area contributed by atoms with Gasteiger partial charge in [-0.3, -0.25) is 10.1 Å². The van der Waals surface area contributed by atoms with Crippen LogP contribution in [-0.2, 0) is 0 Å². The third-order valence-corrected chi connectivity index (χ3v) is 4.28. The molecule has 0 saturated heterocycles. The summed E-state index contributed by atoms with van der Waals surface area (Å²) in [4.78, 5) is 16.0. The van der Waals surface area contributed by atoms with E-state index in [2.05, 4.69) is 10.3 Å². The fourth-order valence-electron chi connectivity index (χ4n) is 1.88. The summed E-state index contributed by atoms with van der Waals surface area (Å²) >= 11 is 12.3. The van der Waals surface area contributed by atoms with Crippen LogP contribution in [0.3, 0.4) is 0 Å². The minimum Gasteiger partial charge on any atom is -0.298 e. The van der Waals surface area contributed by atoms with Gasteiger partial charge < -0.3 is 0 Å². The first-order valence-electron chi connectivity index (χ1n) is 6.06. The number of hydrogen-bond acceptors (Lipinski definition) is 3. The summed E-state index contributed by atoms with van der Waals surface area (Å²) in [5, 5.41) is 2.93. The molecule has 3 rings (SSSR count). The van der Waals surface area contributed by atoms with Gasteiger partial charge in [0.1, 0.15) is 0 Å². The molecule has 0 unspecified atom stereocenters. The number of nitrogens with zero attached hydrogens (tertiary/aromatic N) is 1. The molecule has 2 aromatic carbocycles. The van der Waals surface area contributed by atoms with Gasteiger partial charge in [0.25, 0.3) is 5.91 Å². The molecule has 0 radical (unpaired) electrons. The van der Waals surface area contributed by atoms with Crippen molar-refractivity contribution in [3.8, 4) is 0 Å². The molecular weight excluding hydrogens is 372 g/mol. The van der Waals surface area contributed by atoms with Crippen LogP contribution in [0.25, 0.3) is 10.2 Å². The zero-order valence-corrected chi connectivity index (χ0v) is 13.3. The molecule has 1 aromatic heterocycles. The normalized spacial score (nSPS) is 11.0. The molecule has 0 fully saturated rings. The summed E-state index contributed by atoms with van der Waals surface area (Å²) in [6, 6.07) is 4.99. The Morgan fingerprint density at radius 3 is 2.35 bits per heavy atom. The molecule has 1 N–H and O–H groups in total. The first-order valence-corrected chi connectivity index (χ1v) is 7.64. The number of hydrogen-bond donors (Lipinski definition) is 1. The molecule has 3 nitrogen and oxygen atoms in total. The van der Waals surface area contributed by atoms with Gasteiger partial charge >= 0.3 is 0 Å². The van der Waals surface area contributed by atoms with Crippen molar-refractivity contribution >= 4 is 55.8 Å². The van der Waals surface area contributed by atoms with Gasteiger partial charge in [0.15, 0.2) is 22.6 Å². The van der Waals surface area contributed by atoms with Gasteiger partial charge in [-0.05, 0) is 18.2 Å². The lowest BCUT2D eigenvalue weighted by Gasteiger charge is -2.02. The van der Waals surface area contributed by atoms with E-state index >= 15 is 0 Å². The van der Waals surface area contributed by atoms with E-state index in [9.17, 15) is 18.0 Å². The van der Waals surface area contributed by atoms with E-state index in [1.54, 1.807) is 0 Å². The number of amides is 1. The molecule has 1 heterocycles. The van der Waals surface area contributed by atoms with Crippen molar-refractivity contribution < 1.29 is 18.0 Å². The van der Waals surface area contributed by atoms with E-state index in [-0.39, 0.29) is 31.0 Å². The van der Waals surface area contributed by atoms with Crippen molar-refractivity contribution in [1.29, 1.82) is 0 Å². The summed E-state index contributed by atoms with van der Waals surface area (Å²) in [6.07, 6.45) is 0. The number of nitrogens with one attached hydrogen (secondary N) is 1. The first-order chi connectivity index (χ1) is 10.8. The number of carbonyl (C=O) groups excluding carboxylic acids is 1. The minimum absolute atomic E-state index is 0.00926. The molecule has 1 amide bonds. The van der Waals surface area contributed by atoms with E-state index in [1.165, 1.54) is 18.2 Å². The van der Waals surface area contributed by atoms with E-state index in [0.29, 0.717) is 11.3 Å². The molecule has 0 spiro atoms. The lowest BCUT2D eigenvalue weighted by molar-refractivity contribution is 0.102. The standard InChI is InChI=1S/C14H5Cl2F3N2OS/c15-6-1-5(2-7(16)3-6)13(22)21-14-20-9-4-8(17)10(18)11(19)12(9)23-14/h1-4H,(H,20,21,22). The van der Waals surface area contributed by atoms with Crippen molar-refractivity contribution in [2.45, 2.75) is 0 Å². The number of benzene rings is 2. The number of aromatic nitrogens is 1. The molecule has 0 aliphatic heterocycles. The predicted octanol–water partition coefficient (Wildman–Crippen LogP) is 5.27. The summed E-state index contributed by atoms with van der Waals surface area (Å²) in [5.74, 6) is -4.86. The fourth-order valence-corrected chi connectivity index (χ4v) is 3.28. The molecule has 9 heteroatoms. The van der Waals surface area contributed by atoms with Gasteiger partial charge in [-0.1, -0.05) is 34.5 Å². The van der Waals surface area contributed by atoms with Crippen LogP contribution in [0.5, 0.6) is 0 Å². The van der Waals surface area contributed by atoms with Crippen LogP contribution >= 0.6 is 34.5 Å². The lowest BCUT2D eigenvalue weighted by Crippen LogP contribution is -2.11. The van der Waals surface area contributed by atoms with E-state index in [4.69, 9.17) is 23.2 Å². The Morgan fingerprint density at radius 1 is 1.04 bits per heavy atom. The highest BCUT2D eigenvalue weighted by atomic mass is 35.5. The monoisotopic (exact) mass is 376 g/mol. The number of thiazole rings is 1. The van der Waals surface area contributed by atoms with E-state index in [0.717, 1.165) is 6.07 Å². The van der Waals surface area contributed by atoms with Crippen LogP contribution < -0.4 is 5.32 Å². The fraction of sp³-hybridized carbons (Fsp3) is 0. The molecular formula is C14H5Cl2F3N2OS. The average Bonchev–Trinajstić information content (AvgIpc) is 2.86. The Hall–Kier alpha value is -1.83. The molecule has 0 atom stereocenters. The van der Waals surface area contributed by atoms with Crippen LogP contribution in [0.15, 0.2) is 24.3 Å². The molecule has 118 valence electrons. The molecule has 0 bridgehead atoms. The number of fused-ring (bicyclic) bond motifs is 1. The zero-order valence-electron chi connectivity index (χ0n) is 11.0. The molecule has 0 saturated carbocycles. The second-order valence-electron chi connectivity index (χ2n) is 4.47. The second kappa shape index (κ2) is 5.99. The van der Waals surface area contributed by atoms with Crippen molar-refractivity contribution in [3.63, 3.8) is 0 Å². The molecule has 0 aliphatic carbocycles. The second-order valence-corrected chi connectivity index (χ2v) is 6.34. The number of rotatable bonds is 2. The minimum atomic E-state index is -1.58. The maximum Gasteiger partial charge on any atom is 0.257 e. The summed E-state index contributed by atoms with van der Waals surface area (Å²) in [7, 11) is 0. The highest BCUT2D eigenvalue weighted by molar-refractivity contribution is 7.22. The Balaban J connectivity index is 1.95. The highest BCUT2D eigenvalue weighted by Gasteiger charge is 2.18. The molecule has 3 aromatic rings. The van der Waals surface area contributed by atoms with Gasteiger partial charge in [0, 0.05) is 21.7 Å². The number of carbonyl (C=O) groups is 1. The molecule has 0 aliphatic rings. The maximum atomic E-state index is 13.6. The molecule has 23 heavy (non-hydrogen) atoms. The third kappa shape index (κ3) is 3.12. The maximum absolute atomic E-state index is 13.6. The van der Waals surface area contributed by atoms with Crippen LogP contribution in [0.4, 0.5) is 18.3 Å². The largest absolute Gasteiger partial charge is 0.298 e. The van der Waals surface area contributed by atoms with Gasteiger partial charge in [-0.2, -0.15) is 0 Å². The van der Waals surface area contributed by atoms with Gasteiger partial charge in [-0.25, -0.2) is 18.2 Å². The smallest absolute Gasteiger partial charge is 0.257 e. The Kier molecular flexibility index (Phi) is 4.18. The Labute approximate surface area is 141 Å². The average molecular weight is 377 g/mol. The summed E-state index contributed by atoms with van der Waals surface area (Å²) in [6.45, 7) is 0. The zero-order chi connectivity index (χ0) is 16.7. The van der Waals surface area contributed by atoms with E-state index in [1.807, 2.05) is 0 Å². The first kappa shape index (κ1) is 16.0. The van der Waals surface area contributed by atoms with Gasteiger partial charge in [0.05, 0.1) is 10.2 Å². The number of anilines is 1. The van der Waals surface area contributed by atoms with E-state index < -0.39 is 23.4 Å². The topological polar surface area (TPSA) is 42.0 Å². The van der Waals surface area contributed by atoms with Crippen molar-refractivity contribution in [2.75, 3.05) is 5.32 Å². The van der Waals surface area contributed by atoms with Crippen LogP contribution in [0.1, 0.15) is 10.4 Å². The van der Waals surface area contributed by atoms with Gasteiger partial charge in [-0.15, -0.1) is 0 Å². The highest BCUT2D eigenvalue weighted by Crippen LogP contribution is 2.31. The SMILES string of the molecule is O=C(Nc1nc2cc(F)c(F)c(F)c2s1)c1cc(Cl)cc(Cl)c1. The summed E-state index contributed by atoms with van der Waals surface area (Å²) < 4.78 is 39.8. The quantitative estimate of drug-likeness (QED) is 0.618. The summed E-state index contributed by atoms with van der Waals surface area (Å²) in [5.41, 5.74) is 0.0745. The third-order valence-electron chi connectivity index (χ3n) is 2.86. The Morgan fingerprint density at radius 2 is 1.70 bits per heavy atom.